The Morgan fingerprint density at radius 2 is 2.07 bits per heavy atom. The van der Waals surface area contributed by atoms with E-state index in [2.05, 4.69) is 5.32 Å². The Kier molecular flexibility index (Phi) is 1.30. The Morgan fingerprint density at radius 1 is 1.29 bits per heavy atom. The van der Waals surface area contributed by atoms with Gasteiger partial charge in [-0.15, -0.1) is 0 Å². The molecule has 0 bridgehead atoms. The Labute approximate surface area is 78.9 Å². The number of alkyl halides is 3. The maximum Gasteiger partial charge on any atom is 0.418 e. The Hall–Kier alpha value is -1.19. The third-order valence-electron chi connectivity index (χ3n) is 2.92. The van der Waals surface area contributed by atoms with E-state index in [1.807, 2.05) is 0 Å². The van der Waals surface area contributed by atoms with Gasteiger partial charge in [-0.3, -0.25) is 0 Å². The fraction of sp³-hybridized carbons (Fsp3) is 0.400. The van der Waals surface area contributed by atoms with Gasteiger partial charge in [-0.2, -0.15) is 13.2 Å². The molecule has 3 rings (SSSR count). The molecule has 2 aliphatic rings. The molecule has 1 saturated carbocycles. The molecule has 1 heterocycles. The minimum absolute atomic E-state index is 0.258. The molecule has 1 aliphatic carbocycles. The molecule has 14 heavy (non-hydrogen) atoms. The van der Waals surface area contributed by atoms with Crippen molar-refractivity contribution in [2.45, 2.75) is 24.6 Å². The lowest BCUT2D eigenvalue weighted by Crippen LogP contribution is -2.10. The number of benzene rings is 1. The van der Waals surface area contributed by atoms with Crippen molar-refractivity contribution in [3.63, 3.8) is 0 Å². The van der Waals surface area contributed by atoms with E-state index in [0.29, 0.717) is 11.6 Å². The van der Waals surface area contributed by atoms with E-state index < -0.39 is 11.7 Å². The van der Waals surface area contributed by atoms with Crippen molar-refractivity contribution in [2.75, 3.05) is 5.32 Å². The number of anilines is 1. The average molecular weight is 199 g/mol. The van der Waals surface area contributed by atoms with Gasteiger partial charge in [0.05, 0.1) is 11.3 Å². The predicted octanol–water partition coefficient (Wildman–Crippen LogP) is 2.99. The normalized spacial score (nSPS) is 27.9. The van der Waals surface area contributed by atoms with Crippen LogP contribution < -0.4 is 5.32 Å². The first-order chi connectivity index (χ1) is 6.57. The molecule has 1 aromatic rings. The van der Waals surface area contributed by atoms with Gasteiger partial charge in [0.15, 0.2) is 0 Å². The van der Waals surface area contributed by atoms with Gasteiger partial charge in [-0.25, -0.2) is 0 Å². The zero-order valence-corrected chi connectivity index (χ0v) is 7.23. The zero-order valence-electron chi connectivity index (χ0n) is 7.23. The molecule has 0 spiro atoms. The summed E-state index contributed by atoms with van der Waals surface area (Å²) in [7, 11) is 0. The van der Waals surface area contributed by atoms with E-state index in [1.165, 1.54) is 6.07 Å². The summed E-state index contributed by atoms with van der Waals surface area (Å²) >= 11 is 0. The molecule has 1 N–H and O–H groups in total. The summed E-state index contributed by atoms with van der Waals surface area (Å²) in [4.78, 5) is 0. The molecule has 0 saturated heterocycles. The molecule has 0 aromatic heterocycles. The molecule has 2 unspecified atom stereocenters. The fourth-order valence-corrected chi connectivity index (χ4v) is 2.16. The largest absolute Gasteiger partial charge is 0.418 e. The number of para-hydroxylation sites is 1. The number of hydrogen-bond acceptors (Lipinski definition) is 1. The van der Waals surface area contributed by atoms with E-state index in [9.17, 15) is 13.2 Å². The lowest BCUT2D eigenvalue weighted by molar-refractivity contribution is -0.136. The third-order valence-corrected chi connectivity index (χ3v) is 2.92. The molecule has 2 atom stereocenters. The van der Waals surface area contributed by atoms with Crippen LogP contribution in [0.4, 0.5) is 18.9 Å². The summed E-state index contributed by atoms with van der Waals surface area (Å²) in [6, 6.07) is 4.67. The van der Waals surface area contributed by atoms with Crippen LogP contribution in [0.5, 0.6) is 0 Å². The van der Waals surface area contributed by atoms with Gasteiger partial charge in [0.2, 0.25) is 0 Å². The monoisotopic (exact) mass is 199 g/mol. The predicted molar refractivity (Wildman–Crippen MR) is 46.2 cm³/mol. The van der Waals surface area contributed by atoms with Crippen molar-refractivity contribution >= 4 is 5.69 Å². The molecule has 1 aromatic carbocycles. The maximum absolute atomic E-state index is 12.5. The highest BCUT2D eigenvalue weighted by atomic mass is 19.4. The van der Waals surface area contributed by atoms with Crippen molar-refractivity contribution in [2.24, 2.45) is 0 Å². The van der Waals surface area contributed by atoms with Crippen LogP contribution in [0.25, 0.3) is 0 Å². The van der Waals surface area contributed by atoms with Gasteiger partial charge in [-0.1, -0.05) is 12.1 Å². The summed E-state index contributed by atoms with van der Waals surface area (Å²) in [5, 5.41) is 2.93. The van der Waals surface area contributed by atoms with E-state index in [-0.39, 0.29) is 6.04 Å². The van der Waals surface area contributed by atoms with Gasteiger partial charge in [-0.05, 0) is 18.1 Å². The Morgan fingerprint density at radius 3 is 2.79 bits per heavy atom. The Bertz CT molecular complexity index is 397. The van der Waals surface area contributed by atoms with Crippen LogP contribution in [-0.4, -0.2) is 6.04 Å². The lowest BCUT2D eigenvalue weighted by Gasteiger charge is -2.13. The van der Waals surface area contributed by atoms with Crippen LogP contribution in [0, 0.1) is 0 Å². The van der Waals surface area contributed by atoms with Gasteiger partial charge < -0.3 is 5.32 Å². The number of hydrogen-bond donors (Lipinski definition) is 1. The van der Waals surface area contributed by atoms with Crippen molar-refractivity contribution in [1.29, 1.82) is 0 Å². The minimum atomic E-state index is -4.24. The number of rotatable bonds is 0. The van der Waals surface area contributed by atoms with Crippen LogP contribution in [0.3, 0.4) is 0 Å². The van der Waals surface area contributed by atoms with Crippen LogP contribution in [0.15, 0.2) is 18.2 Å². The number of halogens is 3. The first-order valence-electron chi connectivity index (χ1n) is 4.54. The van der Waals surface area contributed by atoms with Crippen molar-refractivity contribution < 1.29 is 13.2 Å². The van der Waals surface area contributed by atoms with Crippen molar-refractivity contribution in [3.05, 3.63) is 29.3 Å². The van der Waals surface area contributed by atoms with E-state index in [0.717, 1.165) is 18.1 Å². The molecular weight excluding hydrogens is 191 g/mol. The molecule has 4 heteroatoms. The van der Waals surface area contributed by atoms with Crippen LogP contribution in [-0.2, 0) is 6.18 Å². The number of nitrogens with one attached hydrogen (secondary N) is 1. The van der Waals surface area contributed by atoms with Gasteiger partial charge in [0.25, 0.3) is 0 Å². The molecular formula is C10H8F3N. The molecule has 74 valence electrons. The quantitative estimate of drug-likeness (QED) is 0.677. The van der Waals surface area contributed by atoms with Crippen molar-refractivity contribution in [1.82, 2.24) is 0 Å². The van der Waals surface area contributed by atoms with Crippen LogP contribution >= 0.6 is 0 Å². The second kappa shape index (κ2) is 2.24. The van der Waals surface area contributed by atoms with Gasteiger partial charge >= 0.3 is 6.18 Å². The summed E-state index contributed by atoms with van der Waals surface area (Å²) in [5.74, 6) is 0.326. The van der Waals surface area contributed by atoms with E-state index in [4.69, 9.17) is 0 Å². The second-order valence-corrected chi connectivity index (χ2v) is 3.86. The number of fused-ring (bicyclic) bond motifs is 3. The highest BCUT2D eigenvalue weighted by molar-refractivity contribution is 5.68. The topological polar surface area (TPSA) is 12.0 Å². The third kappa shape index (κ3) is 0.966. The standard InChI is InChI=1S/C10H8F3N/c11-10(12,13)7-3-1-2-5-6-4-8(6)14-9(5)7/h1-3,6,8,14H,4H2. The highest BCUT2D eigenvalue weighted by Crippen LogP contribution is 2.54. The van der Waals surface area contributed by atoms with E-state index >= 15 is 0 Å². The van der Waals surface area contributed by atoms with Gasteiger partial charge in [0.1, 0.15) is 0 Å². The second-order valence-electron chi connectivity index (χ2n) is 3.86. The molecule has 1 nitrogen and oxygen atoms in total. The first-order valence-corrected chi connectivity index (χ1v) is 4.54. The smallest absolute Gasteiger partial charge is 0.381 e. The zero-order chi connectivity index (χ0) is 9.92. The van der Waals surface area contributed by atoms with Crippen LogP contribution in [0.2, 0.25) is 0 Å². The van der Waals surface area contributed by atoms with E-state index in [1.54, 1.807) is 6.07 Å². The molecule has 1 aliphatic heterocycles. The molecule has 1 fully saturated rings. The average Bonchev–Trinajstić information content (AvgIpc) is 2.76. The molecule has 0 radical (unpaired) electrons. The minimum Gasteiger partial charge on any atom is -0.381 e. The lowest BCUT2D eigenvalue weighted by atomic mass is 10.1. The summed E-state index contributed by atoms with van der Waals surface area (Å²) < 4.78 is 37.6. The van der Waals surface area contributed by atoms with Crippen LogP contribution in [0.1, 0.15) is 23.5 Å². The molecule has 0 amide bonds. The highest BCUT2D eigenvalue weighted by Gasteiger charge is 2.48. The summed E-state index contributed by atoms with van der Waals surface area (Å²) in [5.41, 5.74) is 0.619. The maximum atomic E-state index is 12.5. The Balaban J connectivity index is 2.15. The van der Waals surface area contributed by atoms with Gasteiger partial charge in [0, 0.05) is 12.0 Å². The summed E-state index contributed by atoms with van der Waals surface area (Å²) in [6.45, 7) is 0. The van der Waals surface area contributed by atoms with Crippen molar-refractivity contribution in [3.8, 4) is 0 Å². The fourth-order valence-electron chi connectivity index (χ4n) is 2.16. The summed E-state index contributed by atoms with van der Waals surface area (Å²) in [6.07, 6.45) is -3.26. The first kappa shape index (κ1) is 8.15. The SMILES string of the molecule is FC(F)(F)c1cccc2c1NC1CC21.